The van der Waals surface area contributed by atoms with Crippen LogP contribution in [0.1, 0.15) is 24.8 Å². The highest BCUT2D eigenvalue weighted by Crippen LogP contribution is 2.16. The van der Waals surface area contributed by atoms with Crippen molar-refractivity contribution in [2.75, 3.05) is 20.1 Å². The van der Waals surface area contributed by atoms with Gasteiger partial charge in [-0.25, -0.2) is 12.7 Å². The van der Waals surface area contributed by atoms with Crippen LogP contribution >= 0.6 is 0 Å². The normalized spacial score (nSPS) is 12.0. The number of nitrogens with two attached hydrogens (primary N) is 1. The van der Waals surface area contributed by atoms with Gasteiger partial charge in [-0.05, 0) is 44.0 Å². The minimum absolute atomic E-state index is 0.365. The second-order valence-corrected chi connectivity index (χ2v) is 6.54. The number of unbranched alkanes of at least 4 members (excludes halogenated alkanes) is 2. The van der Waals surface area contributed by atoms with E-state index in [-0.39, 0.29) is 0 Å². The molecule has 2 N–H and O–H groups in total. The standard InChI is InChI=1S/C13H22N2O2S/c1-12-7-6-8-13(11-12)18(16,17)15(2)10-5-3-4-9-14/h6-8,11H,3-5,9-10,14H2,1-2H3. The third-order valence-corrected chi connectivity index (χ3v) is 4.73. The Morgan fingerprint density at radius 1 is 1.22 bits per heavy atom. The Kier molecular flexibility index (Phi) is 5.78. The van der Waals surface area contributed by atoms with Crippen molar-refractivity contribution in [3.63, 3.8) is 0 Å². The quantitative estimate of drug-likeness (QED) is 0.768. The summed E-state index contributed by atoms with van der Waals surface area (Å²) in [6.07, 6.45) is 2.75. The van der Waals surface area contributed by atoms with Gasteiger partial charge in [0.2, 0.25) is 10.0 Å². The van der Waals surface area contributed by atoms with E-state index in [1.807, 2.05) is 13.0 Å². The van der Waals surface area contributed by atoms with Crippen molar-refractivity contribution in [3.05, 3.63) is 29.8 Å². The van der Waals surface area contributed by atoms with E-state index in [1.165, 1.54) is 4.31 Å². The maximum Gasteiger partial charge on any atom is 0.242 e. The summed E-state index contributed by atoms with van der Waals surface area (Å²) in [6.45, 7) is 3.09. The van der Waals surface area contributed by atoms with Crippen molar-refractivity contribution in [2.45, 2.75) is 31.1 Å². The van der Waals surface area contributed by atoms with E-state index in [1.54, 1.807) is 25.2 Å². The number of nitrogens with zero attached hydrogens (tertiary/aromatic N) is 1. The molecule has 0 spiro atoms. The van der Waals surface area contributed by atoms with Crippen LogP contribution < -0.4 is 5.73 Å². The van der Waals surface area contributed by atoms with Crippen LogP contribution in [0.25, 0.3) is 0 Å². The van der Waals surface area contributed by atoms with Crippen molar-refractivity contribution < 1.29 is 8.42 Å². The topological polar surface area (TPSA) is 63.4 Å². The summed E-state index contributed by atoms with van der Waals surface area (Å²) in [5.74, 6) is 0. The Hall–Kier alpha value is -0.910. The molecule has 1 aromatic rings. The van der Waals surface area contributed by atoms with Crippen LogP contribution in [0.3, 0.4) is 0 Å². The molecule has 0 atom stereocenters. The monoisotopic (exact) mass is 270 g/mol. The van der Waals surface area contributed by atoms with Crippen LogP contribution in [0.4, 0.5) is 0 Å². The summed E-state index contributed by atoms with van der Waals surface area (Å²) < 4.78 is 25.9. The van der Waals surface area contributed by atoms with Crippen LogP contribution in [0.2, 0.25) is 0 Å². The summed E-state index contributed by atoms with van der Waals surface area (Å²) >= 11 is 0. The van der Waals surface area contributed by atoms with Crippen LogP contribution in [0.15, 0.2) is 29.2 Å². The van der Waals surface area contributed by atoms with Gasteiger partial charge in [0.1, 0.15) is 0 Å². The second kappa shape index (κ2) is 6.87. The second-order valence-electron chi connectivity index (χ2n) is 4.49. The lowest BCUT2D eigenvalue weighted by molar-refractivity contribution is 0.453. The zero-order valence-corrected chi connectivity index (χ0v) is 11.9. The SMILES string of the molecule is Cc1cccc(S(=O)(=O)N(C)CCCCCN)c1. The predicted octanol–water partition coefficient (Wildman–Crippen LogP) is 1.74. The van der Waals surface area contributed by atoms with Crippen molar-refractivity contribution in [2.24, 2.45) is 5.73 Å². The fourth-order valence-electron chi connectivity index (χ4n) is 1.73. The molecule has 0 unspecified atom stereocenters. The van der Waals surface area contributed by atoms with Crippen LogP contribution in [0, 0.1) is 6.92 Å². The summed E-state index contributed by atoms with van der Waals surface area (Å²) in [5, 5.41) is 0. The molecular weight excluding hydrogens is 248 g/mol. The molecule has 5 heteroatoms. The highest BCUT2D eigenvalue weighted by atomic mass is 32.2. The van der Waals surface area contributed by atoms with Crippen molar-refractivity contribution in [1.82, 2.24) is 4.31 Å². The summed E-state index contributed by atoms with van der Waals surface area (Å²) in [4.78, 5) is 0.365. The number of benzene rings is 1. The molecule has 0 radical (unpaired) electrons. The summed E-state index contributed by atoms with van der Waals surface area (Å²) in [6, 6.07) is 7.00. The van der Waals surface area contributed by atoms with Crippen molar-refractivity contribution in [3.8, 4) is 0 Å². The average Bonchev–Trinajstić information content (AvgIpc) is 2.34. The van der Waals surface area contributed by atoms with Gasteiger partial charge >= 0.3 is 0 Å². The number of rotatable bonds is 7. The first kappa shape index (κ1) is 15.1. The van der Waals surface area contributed by atoms with E-state index in [0.717, 1.165) is 24.8 Å². The molecule has 0 aromatic heterocycles. The Bertz CT molecular complexity index is 472. The van der Waals surface area contributed by atoms with Gasteiger partial charge < -0.3 is 5.73 Å². The zero-order chi connectivity index (χ0) is 13.6. The van der Waals surface area contributed by atoms with Crippen molar-refractivity contribution >= 4 is 10.0 Å². The Morgan fingerprint density at radius 2 is 1.94 bits per heavy atom. The number of sulfonamides is 1. The molecule has 0 saturated carbocycles. The lowest BCUT2D eigenvalue weighted by Gasteiger charge is -2.17. The summed E-state index contributed by atoms with van der Waals surface area (Å²) in [5.41, 5.74) is 6.36. The highest BCUT2D eigenvalue weighted by Gasteiger charge is 2.19. The van der Waals surface area contributed by atoms with E-state index < -0.39 is 10.0 Å². The number of hydrogen-bond donors (Lipinski definition) is 1. The maximum absolute atomic E-state index is 12.2. The molecule has 0 fully saturated rings. The van der Waals surface area contributed by atoms with Gasteiger partial charge in [-0.1, -0.05) is 18.6 Å². The molecule has 0 aliphatic rings. The maximum atomic E-state index is 12.2. The first-order valence-electron chi connectivity index (χ1n) is 6.21. The van der Waals surface area contributed by atoms with Crippen LogP contribution in [-0.2, 0) is 10.0 Å². The van der Waals surface area contributed by atoms with Gasteiger partial charge in [-0.2, -0.15) is 0 Å². The number of aryl methyl sites for hydroxylation is 1. The van der Waals surface area contributed by atoms with Crippen LogP contribution in [-0.4, -0.2) is 32.9 Å². The highest BCUT2D eigenvalue weighted by molar-refractivity contribution is 7.89. The molecule has 0 heterocycles. The zero-order valence-electron chi connectivity index (χ0n) is 11.1. The lowest BCUT2D eigenvalue weighted by Crippen LogP contribution is -2.28. The largest absolute Gasteiger partial charge is 0.330 e. The van der Waals surface area contributed by atoms with Gasteiger partial charge in [-0.15, -0.1) is 0 Å². The molecule has 18 heavy (non-hydrogen) atoms. The van der Waals surface area contributed by atoms with Gasteiger partial charge in [0.25, 0.3) is 0 Å². The molecule has 4 nitrogen and oxygen atoms in total. The molecule has 102 valence electrons. The van der Waals surface area contributed by atoms with Crippen LogP contribution in [0.5, 0.6) is 0 Å². The molecule has 0 aliphatic carbocycles. The fraction of sp³-hybridized carbons (Fsp3) is 0.538. The molecule has 0 aliphatic heterocycles. The smallest absolute Gasteiger partial charge is 0.242 e. The molecule has 0 amide bonds. The molecule has 1 rings (SSSR count). The molecule has 1 aromatic carbocycles. The number of hydrogen-bond acceptors (Lipinski definition) is 3. The van der Waals surface area contributed by atoms with Crippen molar-refractivity contribution in [1.29, 1.82) is 0 Å². The average molecular weight is 270 g/mol. The van der Waals surface area contributed by atoms with E-state index in [0.29, 0.717) is 18.0 Å². The van der Waals surface area contributed by atoms with Gasteiger partial charge in [0, 0.05) is 13.6 Å². The Morgan fingerprint density at radius 3 is 2.56 bits per heavy atom. The lowest BCUT2D eigenvalue weighted by atomic mass is 10.2. The molecule has 0 saturated heterocycles. The third-order valence-electron chi connectivity index (χ3n) is 2.87. The van der Waals surface area contributed by atoms with E-state index in [2.05, 4.69) is 0 Å². The third kappa shape index (κ3) is 4.08. The minimum atomic E-state index is -3.35. The van der Waals surface area contributed by atoms with E-state index >= 15 is 0 Å². The molecule has 0 bridgehead atoms. The Labute approximate surface area is 110 Å². The first-order chi connectivity index (χ1) is 8.48. The van der Waals surface area contributed by atoms with Gasteiger partial charge in [0.15, 0.2) is 0 Å². The minimum Gasteiger partial charge on any atom is -0.330 e. The first-order valence-corrected chi connectivity index (χ1v) is 7.65. The van der Waals surface area contributed by atoms with E-state index in [9.17, 15) is 8.42 Å². The predicted molar refractivity (Wildman–Crippen MR) is 73.9 cm³/mol. The fourth-order valence-corrected chi connectivity index (χ4v) is 3.05. The van der Waals surface area contributed by atoms with Gasteiger partial charge in [-0.3, -0.25) is 0 Å². The Balaban J connectivity index is 2.68. The summed E-state index contributed by atoms with van der Waals surface area (Å²) in [7, 11) is -1.72. The van der Waals surface area contributed by atoms with E-state index in [4.69, 9.17) is 5.73 Å². The van der Waals surface area contributed by atoms with Gasteiger partial charge in [0.05, 0.1) is 4.90 Å². The molecular formula is C13H22N2O2S.